The Balaban J connectivity index is 2.30. The summed E-state index contributed by atoms with van der Waals surface area (Å²) in [5.41, 5.74) is 0. The van der Waals surface area contributed by atoms with Crippen LogP contribution in [-0.2, 0) is 7.38 Å². The van der Waals surface area contributed by atoms with Crippen molar-refractivity contribution in [3.05, 3.63) is 0 Å². The minimum atomic E-state index is -1.00. The van der Waals surface area contributed by atoms with Crippen LogP contribution < -0.4 is 0 Å². The van der Waals surface area contributed by atoms with Crippen LogP contribution in [0.5, 0.6) is 0 Å². The van der Waals surface area contributed by atoms with Crippen LogP contribution in [0, 0.1) is 0 Å². The van der Waals surface area contributed by atoms with Crippen molar-refractivity contribution in [2.45, 2.75) is 0 Å². The SMILES string of the molecule is [O]=[Al][O]P. The van der Waals surface area contributed by atoms with Gasteiger partial charge in [0, 0.05) is 0 Å². The molecule has 0 heterocycles. The third-order valence-corrected chi connectivity index (χ3v) is 0.500. The molecule has 0 rings (SSSR count). The van der Waals surface area contributed by atoms with Crippen molar-refractivity contribution in [1.29, 1.82) is 0 Å². The molecule has 0 radical (unpaired) electrons. The number of hydrogen-bond acceptors (Lipinski definition) is 2. The Hall–Kier alpha value is 0.562. The summed E-state index contributed by atoms with van der Waals surface area (Å²) in [6, 6.07) is 0. The molecule has 0 amide bonds. The summed E-state index contributed by atoms with van der Waals surface area (Å²) in [7, 11) is 1.88. The van der Waals surface area contributed by atoms with Gasteiger partial charge in [-0.25, -0.2) is 0 Å². The standard InChI is InChI=1S/Al.H2OP.O/c;1-2;/h;2H2;/q+1;-1;. The van der Waals surface area contributed by atoms with Crippen LogP contribution in [0.1, 0.15) is 0 Å². The zero-order chi connectivity index (χ0) is 3.41. The van der Waals surface area contributed by atoms with Crippen molar-refractivity contribution in [3.8, 4) is 0 Å². The molecule has 0 fully saturated rings. The van der Waals surface area contributed by atoms with Gasteiger partial charge in [-0.05, 0) is 0 Å². The fraction of sp³-hybridized carbons (Fsp3) is 0. The van der Waals surface area contributed by atoms with Gasteiger partial charge in [0.05, 0.1) is 0 Å². The van der Waals surface area contributed by atoms with E-state index in [4.69, 9.17) is 3.80 Å². The Morgan fingerprint density at radius 1 is 2.00 bits per heavy atom. The third-order valence-electron chi connectivity index (χ3n) is 0.0556. The van der Waals surface area contributed by atoms with Gasteiger partial charge >= 0.3 is 32.3 Å². The van der Waals surface area contributed by atoms with Gasteiger partial charge in [0.15, 0.2) is 0 Å². The van der Waals surface area contributed by atoms with Gasteiger partial charge in [0.25, 0.3) is 0 Å². The van der Waals surface area contributed by atoms with Gasteiger partial charge < -0.3 is 0 Å². The third kappa shape index (κ3) is 2.56. The van der Waals surface area contributed by atoms with Crippen LogP contribution in [0.25, 0.3) is 0 Å². The second-order valence-electron chi connectivity index (χ2n) is 0.232. The topological polar surface area (TPSA) is 26.3 Å². The molecule has 0 aromatic carbocycles. The normalized spacial score (nSPS) is 4.25. The first-order valence-electron chi connectivity index (χ1n) is 0.707. The van der Waals surface area contributed by atoms with E-state index in [1.165, 1.54) is 0 Å². The summed E-state index contributed by atoms with van der Waals surface area (Å²) in [6.45, 7) is 0. The van der Waals surface area contributed by atoms with Crippen LogP contribution in [-0.4, -0.2) is 15.5 Å². The van der Waals surface area contributed by atoms with E-state index in [9.17, 15) is 0 Å². The zero-order valence-corrected chi connectivity index (χ0v) is 4.28. The van der Waals surface area contributed by atoms with Crippen molar-refractivity contribution in [3.63, 3.8) is 0 Å². The molecule has 0 N–H and O–H groups in total. The first-order chi connectivity index (χ1) is 1.91. The van der Waals surface area contributed by atoms with Gasteiger partial charge in [0.2, 0.25) is 0 Å². The van der Waals surface area contributed by atoms with Crippen LogP contribution >= 0.6 is 9.47 Å². The van der Waals surface area contributed by atoms with Gasteiger partial charge in [-0.15, -0.1) is 0 Å². The maximum atomic E-state index is 9.14. The van der Waals surface area contributed by atoms with E-state index in [1.54, 1.807) is 0 Å². The molecule has 0 aromatic rings. The molecule has 0 spiro atoms. The average molecular weight is 92.0 g/mol. The van der Waals surface area contributed by atoms with Gasteiger partial charge in [0.1, 0.15) is 0 Å². The van der Waals surface area contributed by atoms with Crippen molar-refractivity contribution >= 4 is 25.0 Å². The van der Waals surface area contributed by atoms with Crippen LogP contribution in [0.2, 0.25) is 0 Å². The fourth-order valence-corrected chi connectivity index (χ4v) is 0. The van der Waals surface area contributed by atoms with E-state index in [-0.39, 0.29) is 0 Å². The predicted octanol–water partition coefficient (Wildman–Crippen LogP) is -0.242. The number of hydrogen-bond donors (Lipinski definition) is 0. The van der Waals surface area contributed by atoms with E-state index in [0.717, 1.165) is 0 Å². The van der Waals surface area contributed by atoms with Gasteiger partial charge in [-0.3, -0.25) is 0 Å². The van der Waals surface area contributed by atoms with Crippen LogP contribution in [0.4, 0.5) is 0 Å². The summed E-state index contributed by atoms with van der Waals surface area (Å²) in [5.74, 6) is 0. The molecule has 0 aromatic heterocycles. The van der Waals surface area contributed by atoms with E-state index >= 15 is 0 Å². The molecule has 1 unspecified atom stereocenters. The first-order valence-corrected chi connectivity index (χ1v) is 2.12. The molecule has 4 heteroatoms. The van der Waals surface area contributed by atoms with Crippen molar-refractivity contribution in [2.75, 3.05) is 0 Å². The molecule has 0 saturated heterocycles. The molecule has 0 aliphatic carbocycles. The quantitative estimate of drug-likeness (QED) is 0.329. The van der Waals surface area contributed by atoms with Gasteiger partial charge in [-0.1, -0.05) is 0 Å². The molecule has 0 aliphatic heterocycles. The summed E-state index contributed by atoms with van der Waals surface area (Å²) in [6.07, 6.45) is 0. The minimum absolute atomic E-state index is 1.00. The molecule has 0 bridgehead atoms. The van der Waals surface area contributed by atoms with Crippen molar-refractivity contribution in [1.82, 2.24) is 0 Å². The fourth-order valence-electron chi connectivity index (χ4n) is 0. The Morgan fingerprint density at radius 3 is 2.25 bits per heavy atom. The van der Waals surface area contributed by atoms with E-state index in [2.05, 4.69) is 3.58 Å². The molecule has 0 aliphatic rings. The van der Waals surface area contributed by atoms with E-state index in [0.29, 0.717) is 0 Å². The summed E-state index contributed by atoms with van der Waals surface area (Å²) < 4.78 is 13.1. The molecule has 0 saturated carbocycles. The first kappa shape index (κ1) is 4.56. The summed E-state index contributed by atoms with van der Waals surface area (Å²) in [4.78, 5) is 0. The molecule has 22 valence electrons. The van der Waals surface area contributed by atoms with Crippen LogP contribution in [0.3, 0.4) is 0 Å². The monoisotopic (exact) mass is 92.0 g/mol. The van der Waals surface area contributed by atoms with E-state index < -0.39 is 15.5 Å². The Kier molecular flexibility index (Phi) is 4.06. The second kappa shape index (κ2) is 3.56. The van der Waals surface area contributed by atoms with E-state index in [1.807, 2.05) is 9.47 Å². The maximum absolute atomic E-state index is 9.14. The Morgan fingerprint density at radius 2 is 2.25 bits per heavy atom. The molecular formula is H2AlO2P. The second-order valence-corrected chi connectivity index (χ2v) is 1.51. The number of rotatable bonds is 1. The molecule has 2 nitrogen and oxygen atoms in total. The summed E-state index contributed by atoms with van der Waals surface area (Å²) >= 11 is -1.00. The van der Waals surface area contributed by atoms with Crippen LogP contribution in [0.15, 0.2) is 0 Å². The average Bonchev–Trinajstić information content (AvgIpc) is 1.37. The zero-order valence-electron chi connectivity index (χ0n) is 1.97. The van der Waals surface area contributed by atoms with Crippen molar-refractivity contribution < 1.29 is 7.38 Å². The summed E-state index contributed by atoms with van der Waals surface area (Å²) in [5, 5.41) is 0. The Labute approximate surface area is 33.1 Å². The van der Waals surface area contributed by atoms with Gasteiger partial charge in [-0.2, -0.15) is 0 Å². The molecule has 4 heavy (non-hydrogen) atoms. The predicted molar refractivity (Wildman–Crippen MR) is 17.2 cm³/mol. The molecular weight excluding hydrogens is 90.0 g/mol. The van der Waals surface area contributed by atoms with Crippen molar-refractivity contribution in [2.24, 2.45) is 0 Å². The Bertz CT molecular complexity index is 20.0. The molecule has 1 atom stereocenters.